The van der Waals surface area contributed by atoms with Gasteiger partial charge >= 0.3 is 5.97 Å². The van der Waals surface area contributed by atoms with E-state index in [9.17, 15) is 14.4 Å². The maximum atomic E-state index is 12.7. The Labute approximate surface area is 178 Å². The minimum atomic E-state index is -1.05. The zero-order valence-corrected chi connectivity index (χ0v) is 16.9. The zero-order valence-electron chi connectivity index (χ0n) is 15.3. The van der Waals surface area contributed by atoms with Crippen molar-refractivity contribution >= 4 is 40.3 Å². The first-order valence-electron chi connectivity index (χ1n) is 8.69. The van der Waals surface area contributed by atoms with Crippen LogP contribution in [0.15, 0.2) is 77.1 Å². The molecule has 4 aromatic rings. The van der Waals surface area contributed by atoms with Gasteiger partial charge in [-0.1, -0.05) is 35.6 Å². The molecule has 0 spiro atoms. The number of ketones is 1. The van der Waals surface area contributed by atoms with Gasteiger partial charge in [0, 0.05) is 5.56 Å². The molecule has 0 aliphatic rings. The van der Waals surface area contributed by atoms with Crippen molar-refractivity contribution in [3.8, 4) is 5.69 Å². The molecule has 0 atom stereocenters. The van der Waals surface area contributed by atoms with Crippen molar-refractivity contribution in [3.05, 3.63) is 97.9 Å². The standard InChI is InChI=1S/C21H13N3O4S2/c25-17(16-7-4-12-29-16)19-23-24(15-10-8-14(9-11-15)20(27)28)21(30-19)22-18(26)13-5-2-1-3-6-13/h1-12H,(H,27,28). The molecule has 2 aromatic carbocycles. The molecule has 0 aliphatic heterocycles. The van der Waals surface area contributed by atoms with Gasteiger partial charge in [0.25, 0.3) is 5.91 Å². The number of carbonyl (C=O) groups is 3. The van der Waals surface area contributed by atoms with Crippen molar-refractivity contribution in [1.82, 2.24) is 9.78 Å². The third kappa shape index (κ3) is 4.02. The minimum absolute atomic E-state index is 0.114. The lowest BCUT2D eigenvalue weighted by Crippen LogP contribution is -2.17. The number of carboxylic acid groups (broad SMARTS) is 1. The van der Waals surface area contributed by atoms with Gasteiger partial charge in [0.1, 0.15) is 0 Å². The normalized spacial score (nSPS) is 11.4. The summed E-state index contributed by atoms with van der Waals surface area (Å²) >= 11 is 2.30. The third-order valence-electron chi connectivity index (χ3n) is 4.08. The van der Waals surface area contributed by atoms with Crippen LogP contribution in [0.5, 0.6) is 0 Å². The summed E-state index contributed by atoms with van der Waals surface area (Å²) in [5, 5.41) is 15.4. The van der Waals surface area contributed by atoms with Crippen LogP contribution < -0.4 is 4.80 Å². The van der Waals surface area contributed by atoms with Crippen molar-refractivity contribution in [2.75, 3.05) is 0 Å². The number of rotatable bonds is 5. The number of carbonyl (C=O) groups excluding carboxylic acids is 2. The van der Waals surface area contributed by atoms with E-state index in [0.29, 0.717) is 16.1 Å². The van der Waals surface area contributed by atoms with Crippen molar-refractivity contribution in [3.63, 3.8) is 0 Å². The summed E-state index contributed by atoms with van der Waals surface area (Å²) < 4.78 is 1.37. The smallest absolute Gasteiger partial charge is 0.335 e. The van der Waals surface area contributed by atoms with Gasteiger partial charge in [-0.2, -0.15) is 10.1 Å². The van der Waals surface area contributed by atoms with Crippen LogP contribution in [0.3, 0.4) is 0 Å². The lowest BCUT2D eigenvalue weighted by atomic mass is 10.2. The molecule has 0 bridgehead atoms. The van der Waals surface area contributed by atoms with Crippen molar-refractivity contribution in [2.45, 2.75) is 0 Å². The Hall–Kier alpha value is -3.69. The summed E-state index contributed by atoms with van der Waals surface area (Å²) in [5.74, 6) is -1.78. The number of carboxylic acids is 1. The molecule has 0 radical (unpaired) electrons. The second-order valence-electron chi connectivity index (χ2n) is 6.04. The summed E-state index contributed by atoms with van der Waals surface area (Å²) in [6.07, 6.45) is 0. The molecule has 0 aliphatic carbocycles. The number of aromatic carboxylic acids is 1. The van der Waals surface area contributed by atoms with E-state index < -0.39 is 11.9 Å². The van der Waals surface area contributed by atoms with Gasteiger partial charge in [0.2, 0.25) is 10.6 Å². The maximum Gasteiger partial charge on any atom is 0.335 e. The summed E-state index contributed by atoms with van der Waals surface area (Å²) in [6.45, 7) is 0. The summed E-state index contributed by atoms with van der Waals surface area (Å²) in [7, 11) is 0. The summed E-state index contributed by atoms with van der Waals surface area (Å²) in [6, 6.07) is 18.0. The van der Waals surface area contributed by atoms with Crippen molar-refractivity contribution in [2.24, 2.45) is 4.99 Å². The number of benzene rings is 2. The largest absolute Gasteiger partial charge is 0.478 e. The van der Waals surface area contributed by atoms with Gasteiger partial charge in [0.05, 0.1) is 16.1 Å². The minimum Gasteiger partial charge on any atom is -0.478 e. The monoisotopic (exact) mass is 435 g/mol. The highest BCUT2D eigenvalue weighted by molar-refractivity contribution is 7.15. The zero-order chi connectivity index (χ0) is 21.1. The first kappa shape index (κ1) is 19.6. The fourth-order valence-corrected chi connectivity index (χ4v) is 4.19. The first-order valence-corrected chi connectivity index (χ1v) is 10.4. The van der Waals surface area contributed by atoms with E-state index in [-0.39, 0.29) is 21.2 Å². The highest BCUT2D eigenvalue weighted by Crippen LogP contribution is 2.17. The van der Waals surface area contributed by atoms with Crippen LogP contribution in [0, 0.1) is 0 Å². The van der Waals surface area contributed by atoms with E-state index >= 15 is 0 Å². The molecule has 7 nitrogen and oxygen atoms in total. The number of hydrogen-bond donors (Lipinski definition) is 1. The van der Waals surface area contributed by atoms with E-state index in [2.05, 4.69) is 10.1 Å². The number of thiophene rings is 1. The van der Waals surface area contributed by atoms with Crippen LogP contribution in [-0.2, 0) is 0 Å². The number of aromatic nitrogens is 2. The Morgan fingerprint density at radius 2 is 1.63 bits per heavy atom. The van der Waals surface area contributed by atoms with Crippen LogP contribution in [0.1, 0.15) is 35.4 Å². The predicted octanol–water partition coefficient (Wildman–Crippen LogP) is 3.67. The molecule has 9 heteroatoms. The van der Waals surface area contributed by atoms with Gasteiger partial charge in [-0.3, -0.25) is 9.59 Å². The SMILES string of the molecule is O=C(O)c1ccc(-n2nc(C(=O)c3cccs3)sc2=NC(=O)c2ccccc2)cc1. The highest BCUT2D eigenvalue weighted by Gasteiger charge is 2.18. The molecule has 2 aromatic heterocycles. The van der Waals surface area contributed by atoms with Crippen LogP contribution in [0.25, 0.3) is 5.69 Å². The Morgan fingerprint density at radius 3 is 2.27 bits per heavy atom. The van der Waals surface area contributed by atoms with Crippen LogP contribution >= 0.6 is 22.7 Å². The fourth-order valence-electron chi connectivity index (χ4n) is 2.60. The molecule has 0 unspecified atom stereocenters. The predicted molar refractivity (Wildman–Crippen MR) is 112 cm³/mol. The van der Waals surface area contributed by atoms with Gasteiger partial charge in [0.15, 0.2) is 5.01 Å². The third-order valence-corrected chi connectivity index (χ3v) is 5.85. The Kier molecular flexibility index (Phi) is 5.46. The van der Waals surface area contributed by atoms with Gasteiger partial charge in [-0.05, 0) is 47.8 Å². The summed E-state index contributed by atoms with van der Waals surface area (Å²) in [5.41, 5.74) is 1.01. The number of amides is 1. The molecule has 1 amide bonds. The van der Waals surface area contributed by atoms with Crippen molar-refractivity contribution < 1.29 is 19.5 Å². The molecular weight excluding hydrogens is 422 g/mol. The molecule has 4 rings (SSSR count). The van der Waals surface area contributed by atoms with Crippen LogP contribution in [0.2, 0.25) is 0 Å². The van der Waals surface area contributed by atoms with Gasteiger partial charge in [-0.15, -0.1) is 11.3 Å². The van der Waals surface area contributed by atoms with Gasteiger partial charge in [-0.25, -0.2) is 9.48 Å². The van der Waals surface area contributed by atoms with E-state index in [1.807, 2.05) is 0 Å². The Bertz CT molecular complexity index is 1290. The second-order valence-corrected chi connectivity index (χ2v) is 7.95. The van der Waals surface area contributed by atoms with E-state index in [4.69, 9.17) is 5.11 Å². The number of hydrogen-bond acceptors (Lipinski definition) is 6. The Balaban J connectivity index is 1.82. The topological polar surface area (TPSA) is 102 Å². The van der Waals surface area contributed by atoms with Crippen LogP contribution in [0.4, 0.5) is 0 Å². The van der Waals surface area contributed by atoms with E-state index in [0.717, 1.165) is 11.3 Å². The number of nitrogens with zero attached hydrogens (tertiary/aromatic N) is 3. The quantitative estimate of drug-likeness (QED) is 0.482. The lowest BCUT2D eigenvalue weighted by Gasteiger charge is -2.02. The molecular formula is C21H13N3O4S2. The van der Waals surface area contributed by atoms with E-state index in [1.54, 1.807) is 60.0 Å². The van der Waals surface area contributed by atoms with Crippen LogP contribution in [-0.4, -0.2) is 32.5 Å². The molecule has 0 saturated carbocycles. The second kappa shape index (κ2) is 8.36. The molecule has 0 saturated heterocycles. The van der Waals surface area contributed by atoms with Gasteiger partial charge < -0.3 is 5.11 Å². The average molecular weight is 435 g/mol. The fraction of sp³-hybridized carbons (Fsp3) is 0. The highest BCUT2D eigenvalue weighted by atomic mass is 32.1. The average Bonchev–Trinajstić information content (AvgIpc) is 3.44. The molecule has 1 N–H and O–H groups in total. The lowest BCUT2D eigenvalue weighted by molar-refractivity contribution is 0.0696. The molecule has 0 fully saturated rings. The molecule has 148 valence electrons. The molecule has 30 heavy (non-hydrogen) atoms. The van der Waals surface area contributed by atoms with E-state index in [1.165, 1.54) is 28.2 Å². The molecule has 2 heterocycles. The van der Waals surface area contributed by atoms with Crippen molar-refractivity contribution in [1.29, 1.82) is 0 Å². The first-order chi connectivity index (χ1) is 14.5. The maximum absolute atomic E-state index is 12.7. The summed E-state index contributed by atoms with van der Waals surface area (Å²) in [4.78, 5) is 41.4. The Morgan fingerprint density at radius 1 is 0.900 bits per heavy atom.